The number of pyridine rings is 2. The fourth-order valence-electron chi connectivity index (χ4n) is 1.66. The molecular weight excluding hydrogens is 278 g/mol. The van der Waals surface area contributed by atoms with Crippen molar-refractivity contribution in [3.05, 3.63) is 48.4 Å². The van der Waals surface area contributed by atoms with E-state index in [1.165, 1.54) is 17.5 Å². The topological polar surface area (TPSA) is 101 Å². The molecule has 0 fully saturated rings. The Morgan fingerprint density at radius 1 is 1.20 bits per heavy atom. The molecule has 2 rings (SSSR count). The molecule has 0 bridgehead atoms. The summed E-state index contributed by atoms with van der Waals surface area (Å²) in [7, 11) is -2.27. The number of nitrogen functional groups attached to an aromatic ring is 1. The van der Waals surface area contributed by atoms with Crippen LogP contribution in [0.25, 0.3) is 0 Å². The van der Waals surface area contributed by atoms with Gasteiger partial charge < -0.3 is 5.43 Å². The number of anilines is 1. The van der Waals surface area contributed by atoms with E-state index in [1.807, 2.05) is 0 Å². The number of hydrogen-bond donors (Lipinski definition) is 2. The number of hydrazine groups is 1. The fourth-order valence-corrected chi connectivity index (χ4v) is 2.85. The van der Waals surface area contributed by atoms with Gasteiger partial charge in [-0.2, -0.15) is 4.31 Å². The van der Waals surface area contributed by atoms with Crippen molar-refractivity contribution >= 4 is 15.7 Å². The van der Waals surface area contributed by atoms with Crippen molar-refractivity contribution in [3.63, 3.8) is 0 Å². The van der Waals surface area contributed by atoms with Crippen molar-refractivity contribution in [2.24, 2.45) is 5.84 Å². The summed E-state index contributed by atoms with van der Waals surface area (Å²) < 4.78 is 26.1. The highest BCUT2D eigenvalue weighted by Gasteiger charge is 2.25. The first kappa shape index (κ1) is 14.4. The van der Waals surface area contributed by atoms with Crippen LogP contribution in [-0.2, 0) is 16.6 Å². The van der Waals surface area contributed by atoms with Crippen LogP contribution in [0.2, 0.25) is 0 Å². The maximum absolute atomic E-state index is 12.5. The van der Waals surface area contributed by atoms with Gasteiger partial charge in [-0.15, -0.1) is 0 Å². The third-order valence-corrected chi connectivity index (χ3v) is 4.46. The predicted molar refractivity (Wildman–Crippen MR) is 74.9 cm³/mol. The zero-order valence-electron chi connectivity index (χ0n) is 10.9. The molecule has 2 aromatic heterocycles. The van der Waals surface area contributed by atoms with E-state index in [9.17, 15) is 8.42 Å². The van der Waals surface area contributed by atoms with Gasteiger partial charge in [-0.25, -0.2) is 13.4 Å². The van der Waals surface area contributed by atoms with Gasteiger partial charge >= 0.3 is 0 Å². The monoisotopic (exact) mass is 293 g/mol. The summed E-state index contributed by atoms with van der Waals surface area (Å²) in [5, 5.41) is -0.110. The van der Waals surface area contributed by atoms with E-state index in [0.29, 0.717) is 5.69 Å². The van der Waals surface area contributed by atoms with Crippen molar-refractivity contribution in [2.75, 3.05) is 12.5 Å². The molecule has 0 saturated heterocycles. The lowest BCUT2D eigenvalue weighted by Gasteiger charge is -2.17. The lowest BCUT2D eigenvalue weighted by Crippen LogP contribution is -2.29. The van der Waals surface area contributed by atoms with Gasteiger partial charge in [0, 0.05) is 19.4 Å². The standard InChI is InChI=1S/C12H15N5O2S/c1-17(9-10-5-2-3-7-14-10)20(18,19)12-11(16-13)6-4-8-15-12/h2-8,16H,9,13H2,1H3. The van der Waals surface area contributed by atoms with Gasteiger partial charge in [-0.3, -0.25) is 10.8 Å². The lowest BCUT2D eigenvalue weighted by atomic mass is 10.3. The molecule has 0 aliphatic rings. The predicted octanol–water partition coefficient (Wildman–Crippen LogP) is 0.583. The Labute approximate surface area is 117 Å². The molecule has 0 atom stereocenters. The van der Waals surface area contributed by atoms with Crippen LogP contribution in [0.5, 0.6) is 0 Å². The molecule has 7 nitrogen and oxygen atoms in total. The molecule has 0 amide bonds. The molecule has 106 valence electrons. The maximum Gasteiger partial charge on any atom is 0.262 e. The van der Waals surface area contributed by atoms with Gasteiger partial charge in [0.15, 0.2) is 5.03 Å². The highest BCUT2D eigenvalue weighted by molar-refractivity contribution is 7.89. The molecule has 2 heterocycles. The van der Waals surface area contributed by atoms with Crippen LogP contribution in [0.3, 0.4) is 0 Å². The quantitative estimate of drug-likeness (QED) is 0.618. The molecule has 0 unspecified atom stereocenters. The minimum Gasteiger partial charge on any atom is -0.321 e. The summed E-state index contributed by atoms with van der Waals surface area (Å²) >= 11 is 0. The Kier molecular flexibility index (Phi) is 4.28. The summed E-state index contributed by atoms with van der Waals surface area (Å²) in [4.78, 5) is 7.99. The zero-order valence-corrected chi connectivity index (χ0v) is 11.7. The SMILES string of the molecule is CN(Cc1ccccn1)S(=O)(=O)c1ncccc1NN. The fraction of sp³-hybridized carbons (Fsp3) is 0.167. The summed E-state index contributed by atoms with van der Waals surface area (Å²) in [5.41, 5.74) is 3.24. The van der Waals surface area contributed by atoms with Crippen LogP contribution in [0.15, 0.2) is 47.8 Å². The van der Waals surface area contributed by atoms with Crippen LogP contribution in [-0.4, -0.2) is 29.7 Å². The molecule has 3 N–H and O–H groups in total. The van der Waals surface area contributed by atoms with Crippen LogP contribution in [0.1, 0.15) is 5.69 Å². The van der Waals surface area contributed by atoms with Gasteiger partial charge in [0.1, 0.15) is 0 Å². The molecule has 2 aromatic rings. The molecule has 0 aliphatic heterocycles. The highest BCUT2D eigenvalue weighted by Crippen LogP contribution is 2.21. The Balaban J connectivity index is 2.30. The molecule has 0 spiro atoms. The van der Waals surface area contributed by atoms with Crippen LogP contribution < -0.4 is 11.3 Å². The number of aromatic nitrogens is 2. The first-order valence-corrected chi connectivity index (χ1v) is 7.27. The third kappa shape index (κ3) is 2.93. The molecule has 0 aromatic carbocycles. The van der Waals surface area contributed by atoms with Crippen molar-refractivity contribution in [1.82, 2.24) is 14.3 Å². The number of nitrogens with one attached hydrogen (secondary N) is 1. The van der Waals surface area contributed by atoms with Crippen LogP contribution >= 0.6 is 0 Å². The van der Waals surface area contributed by atoms with Crippen molar-refractivity contribution in [3.8, 4) is 0 Å². The molecule has 20 heavy (non-hydrogen) atoms. The maximum atomic E-state index is 12.5. The smallest absolute Gasteiger partial charge is 0.262 e. The summed E-state index contributed by atoms with van der Waals surface area (Å²) in [6.45, 7) is 0.157. The minimum atomic E-state index is -3.74. The van der Waals surface area contributed by atoms with Gasteiger partial charge in [-0.1, -0.05) is 6.07 Å². The zero-order chi connectivity index (χ0) is 14.6. The Morgan fingerprint density at radius 3 is 2.60 bits per heavy atom. The average molecular weight is 293 g/mol. The van der Waals surface area contributed by atoms with E-state index < -0.39 is 10.0 Å². The van der Waals surface area contributed by atoms with E-state index in [-0.39, 0.29) is 17.3 Å². The van der Waals surface area contributed by atoms with Crippen molar-refractivity contribution in [2.45, 2.75) is 11.6 Å². The van der Waals surface area contributed by atoms with Crippen LogP contribution in [0, 0.1) is 0 Å². The van der Waals surface area contributed by atoms with Crippen molar-refractivity contribution < 1.29 is 8.42 Å². The first-order chi connectivity index (χ1) is 9.55. The first-order valence-electron chi connectivity index (χ1n) is 5.83. The summed E-state index contributed by atoms with van der Waals surface area (Å²) in [6.07, 6.45) is 3.02. The lowest BCUT2D eigenvalue weighted by molar-refractivity contribution is 0.459. The average Bonchev–Trinajstić information content (AvgIpc) is 2.48. The number of hydrogen-bond acceptors (Lipinski definition) is 6. The number of nitrogens with two attached hydrogens (primary N) is 1. The second-order valence-electron chi connectivity index (χ2n) is 4.08. The Hall–Kier alpha value is -2.03. The van der Waals surface area contributed by atoms with Gasteiger partial charge in [-0.05, 0) is 24.3 Å². The second kappa shape index (κ2) is 5.95. The molecule has 0 radical (unpaired) electrons. The third-order valence-electron chi connectivity index (χ3n) is 2.69. The number of rotatable bonds is 5. The largest absolute Gasteiger partial charge is 0.321 e. The molecular formula is C12H15N5O2S. The van der Waals surface area contributed by atoms with Gasteiger partial charge in [0.05, 0.1) is 17.9 Å². The number of sulfonamides is 1. The minimum absolute atomic E-state index is 0.110. The van der Waals surface area contributed by atoms with E-state index in [1.54, 1.807) is 36.5 Å². The van der Waals surface area contributed by atoms with Crippen molar-refractivity contribution in [1.29, 1.82) is 0 Å². The second-order valence-corrected chi connectivity index (χ2v) is 6.04. The molecule has 0 aliphatic carbocycles. The summed E-state index contributed by atoms with van der Waals surface area (Å²) in [6, 6.07) is 8.48. The summed E-state index contributed by atoms with van der Waals surface area (Å²) in [5.74, 6) is 5.31. The molecule has 0 saturated carbocycles. The Bertz CT molecular complexity index is 675. The van der Waals surface area contributed by atoms with E-state index in [0.717, 1.165) is 0 Å². The molecule has 8 heteroatoms. The van der Waals surface area contributed by atoms with E-state index in [4.69, 9.17) is 5.84 Å². The van der Waals surface area contributed by atoms with E-state index in [2.05, 4.69) is 15.4 Å². The highest BCUT2D eigenvalue weighted by atomic mass is 32.2. The Morgan fingerprint density at radius 2 is 1.95 bits per heavy atom. The van der Waals surface area contributed by atoms with E-state index >= 15 is 0 Å². The normalized spacial score (nSPS) is 11.6. The number of nitrogens with zero attached hydrogens (tertiary/aromatic N) is 3. The van der Waals surface area contributed by atoms with Crippen LogP contribution in [0.4, 0.5) is 5.69 Å². The van der Waals surface area contributed by atoms with Gasteiger partial charge in [0.2, 0.25) is 0 Å². The van der Waals surface area contributed by atoms with Gasteiger partial charge in [0.25, 0.3) is 10.0 Å².